The van der Waals surface area contributed by atoms with Gasteiger partial charge in [-0.25, -0.2) is 0 Å². The van der Waals surface area contributed by atoms with E-state index in [1.54, 1.807) is 11.8 Å². The van der Waals surface area contributed by atoms with Gasteiger partial charge >= 0.3 is 0 Å². The highest BCUT2D eigenvalue weighted by molar-refractivity contribution is 9.10. The number of rotatable bonds is 1. The molecule has 0 unspecified atom stereocenters. The predicted molar refractivity (Wildman–Crippen MR) is 78.7 cm³/mol. The Morgan fingerprint density at radius 2 is 1.89 bits per heavy atom. The van der Waals surface area contributed by atoms with Gasteiger partial charge in [-0.1, -0.05) is 52.0 Å². The van der Waals surface area contributed by atoms with Crippen molar-refractivity contribution < 1.29 is 4.79 Å². The summed E-state index contributed by atoms with van der Waals surface area (Å²) < 4.78 is 1.02. The molecule has 1 aliphatic heterocycles. The van der Waals surface area contributed by atoms with Crippen LogP contribution in [0.1, 0.15) is 15.9 Å². The van der Waals surface area contributed by atoms with E-state index in [1.807, 2.05) is 54.6 Å². The molecule has 0 fully saturated rings. The van der Waals surface area contributed by atoms with Gasteiger partial charge in [0.1, 0.15) is 0 Å². The molecule has 2 aromatic carbocycles. The molecule has 0 bridgehead atoms. The zero-order valence-electron chi connectivity index (χ0n) is 9.39. The molecule has 0 N–H and O–H groups in total. The van der Waals surface area contributed by atoms with E-state index in [0.717, 1.165) is 25.4 Å². The zero-order chi connectivity index (χ0) is 12.5. The van der Waals surface area contributed by atoms with Crippen LogP contribution >= 0.6 is 27.7 Å². The Hall–Kier alpha value is -1.32. The summed E-state index contributed by atoms with van der Waals surface area (Å²) in [5.74, 6) is 0.121. The van der Waals surface area contributed by atoms with E-state index in [1.165, 1.54) is 0 Å². The quantitative estimate of drug-likeness (QED) is 0.704. The zero-order valence-corrected chi connectivity index (χ0v) is 11.8. The molecule has 1 heterocycles. The molecule has 0 saturated carbocycles. The monoisotopic (exact) mass is 316 g/mol. The number of carbonyl (C=O) groups excluding carboxylic acids is 1. The van der Waals surface area contributed by atoms with E-state index in [-0.39, 0.29) is 5.78 Å². The first-order valence-electron chi connectivity index (χ1n) is 5.53. The van der Waals surface area contributed by atoms with Crippen molar-refractivity contribution in [2.75, 3.05) is 0 Å². The first-order valence-corrected chi connectivity index (χ1v) is 7.14. The molecule has 0 radical (unpaired) electrons. The molecule has 2 aromatic rings. The molecule has 0 aliphatic carbocycles. The molecule has 0 atom stereocenters. The molecule has 1 aliphatic rings. The minimum Gasteiger partial charge on any atom is -0.288 e. The van der Waals surface area contributed by atoms with Gasteiger partial charge in [0.25, 0.3) is 0 Å². The Kier molecular flexibility index (Phi) is 3.10. The number of fused-ring (bicyclic) bond motifs is 1. The van der Waals surface area contributed by atoms with Crippen molar-refractivity contribution in [1.82, 2.24) is 0 Å². The van der Waals surface area contributed by atoms with E-state index < -0.39 is 0 Å². The minimum atomic E-state index is 0.121. The normalized spacial score (nSPS) is 16.1. The molecule has 1 nitrogen and oxygen atoms in total. The number of allylic oxidation sites excluding steroid dienone is 1. The van der Waals surface area contributed by atoms with Crippen LogP contribution < -0.4 is 0 Å². The summed E-state index contributed by atoms with van der Waals surface area (Å²) in [4.78, 5) is 14.0. The fourth-order valence-electron chi connectivity index (χ4n) is 1.88. The van der Waals surface area contributed by atoms with Gasteiger partial charge in [-0.15, -0.1) is 0 Å². The summed E-state index contributed by atoms with van der Waals surface area (Å²) in [6.07, 6.45) is 1.94. The van der Waals surface area contributed by atoms with E-state index in [9.17, 15) is 4.79 Å². The topological polar surface area (TPSA) is 17.1 Å². The van der Waals surface area contributed by atoms with Crippen LogP contribution in [0.2, 0.25) is 0 Å². The fourth-order valence-corrected chi connectivity index (χ4v) is 3.35. The third-order valence-corrected chi connectivity index (χ3v) is 4.31. The third kappa shape index (κ3) is 2.16. The highest BCUT2D eigenvalue weighted by atomic mass is 79.9. The van der Waals surface area contributed by atoms with Crippen molar-refractivity contribution in [3.63, 3.8) is 0 Å². The van der Waals surface area contributed by atoms with Crippen molar-refractivity contribution in [1.29, 1.82) is 0 Å². The van der Waals surface area contributed by atoms with Crippen LogP contribution in [0.25, 0.3) is 6.08 Å². The largest absolute Gasteiger partial charge is 0.288 e. The smallest absolute Gasteiger partial charge is 0.200 e. The number of hydrogen-bond donors (Lipinski definition) is 0. The second-order valence-corrected chi connectivity index (χ2v) is 5.99. The maximum absolute atomic E-state index is 12.2. The molecule has 3 heteroatoms. The predicted octanol–water partition coefficient (Wildman–Crippen LogP) is 4.78. The first-order chi connectivity index (χ1) is 8.74. The van der Waals surface area contributed by atoms with Crippen LogP contribution in [0.3, 0.4) is 0 Å². The van der Waals surface area contributed by atoms with Gasteiger partial charge in [0, 0.05) is 14.9 Å². The SMILES string of the molecule is O=C1/C(=C/c2cccc(Br)c2)Sc2ccccc21. The number of ketones is 1. The van der Waals surface area contributed by atoms with Crippen LogP contribution in [0.15, 0.2) is 62.8 Å². The van der Waals surface area contributed by atoms with Crippen molar-refractivity contribution in [2.45, 2.75) is 4.90 Å². The Labute approximate surface area is 118 Å². The molecular formula is C15H9BrOS. The Morgan fingerprint density at radius 3 is 2.67 bits per heavy atom. The molecule has 88 valence electrons. The van der Waals surface area contributed by atoms with Gasteiger partial charge < -0.3 is 0 Å². The van der Waals surface area contributed by atoms with Crippen LogP contribution in [-0.4, -0.2) is 5.78 Å². The molecule has 0 amide bonds. The Balaban J connectivity index is 1.99. The van der Waals surface area contributed by atoms with Gasteiger partial charge in [0.2, 0.25) is 5.78 Å². The van der Waals surface area contributed by atoms with Crippen LogP contribution in [0.5, 0.6) is 0 Å². The van der Waals surface area contributed by atoms with E-state index in [0.29, 0.717) is 0 Å². The lowest BCUT2D eigenvalue weighted by atomic mass is 10.1. The summed E-state index contributed by atoms with van der Waals surface area (Å²) in [5.41, 5.74) is 1.84. The van der Waals surface area contributed by atoms with Crippen molar-refractivity contribution >= 4 is 39.6 Å². The van der Waals surface area contributed by atoms with Gasteiger partial charge in [-0.05, 0) is 35.9 Å². The Bertz CT molecular complexity index is 661. The average molecular weight is 317 g/mol. The first kappa shape index (κ1) is 11.8. The number of hydrogen-bond acceptors (Lipinski definition) is 2. The Morgan fingerprint density at radius 1 is 1.06 bits per heavy atom. The molecule has 3 rings (SSSR count). The van der Waals surface area contributed by atoms with Crippen LogP contribution in [0.4, 0.5) is 0 Å². The van der Waals surface area contributed by atoms with Gasteiger partial charge in [0.05, 0.1) is 4.91 Å². The highest BCUT2D eigenvalue weighted by Crippen LogP contribution is 2.40. The average Bonchev–Trinajstić information content (AvgIpc) is 2.67. The minimum absolute atomic E-state index is 0.121. The molecular weight excluding hydrogens is 308 g/mol. The summed E-state index contributed by atoms with van der Waals surface area (Å²) in [6, 6.07) is 15.7. The summed E-state index contributed by atoms with van der Waals surface area (Å²) in [5, 5.41) is 0. The molecule has 18 heavy (non-hydrogen) atoms. The summed E-state index contributed by atoms with van der Waals surface area (Å²) in [6.45, 7) is 0. The van der Waals surface area contributed by atoms with Crippen molar-refractivity contribution in [2.24, 2.45) is 0 Å². The van der Waals surface area contributed by atoms with E-state index >= 15 is 0 Å². The maximum Gasteiger partial charge on any atom is 0.200 e. The number of carbonyl (C=O) groups is 1. The third-order valence-electron chi connectivity index (χ3n) is 2.72. The van der Waals surface area contributed by atoms with E-state index in [2.05, 4.69) is 15.9 Å². The standard InChI is InChI=1S/C15H9BrOS/c16-11-5-3-4-10(8-11)9-14-15(17)12-6-1-2-7-13(12)18-14/h1-9H/b14-9-. The highest BCUT2D eigenvalue weighted by Gasteiger charge is 2.24. The number of Topliss-reactive ketones (excluding diaryl/α,β-unsaturated/α-hetero) is 1. The molecule has 0 saturated heterocycles. The lowest BCUT2D eigenvalue weighted by Gasteiger charge is -1.97. The van der Waals surface area contributed by atoms with Gasteiger partial charge in [0.15, 0.2) is 0 Å². The lowest BCUT2D eigenvalue weighted by molar-refractivity contribution is 0.104. The molecule has 0 spiro atoms. The summed E-state index contributed by atoms with van der Waals surface area (Å²) >= 11 is 4.98. The lowest BCUT2D eigenvalue weighted by Crippen LogP contribution is -1.93. The van der Waals surface area contributed by atoms with Crippen LogP contribution in [0, 0.1) is 0 Å². The second-order valence-electron chi connectivity index (χ2n) is 3.99. The van der Waals surface area contributed by atoms with Gasteiger partial charge in [-0.3, -0.25) is 4.79 Å². The van der Waals surface area contributed by atoms with Gasteiger partial charge in [-0.2, -0.15) is 0 Å². The number of thioether (sulfide) groups is 1. The number of halogens is 1. The summed E-state index contributed by atoms with van der Waals surface area (Å²) in [7, 11) is 0. The van der Waals surface area contributed by atoms with Crippen molar-refractivity contribution in [3.05, 3.63) is 69.0 Å². The second kappa shape index (κ2) is 4.75. The van der Waals surface area contributed by atoms with Crippen LogP contribution in [-0.2, 0) is 0 Å². The van der Waals surface area contributed by atoms with E-state index in [4.69, 9.17) is 0 Å². The van der Waals surface area contributed by atoms with Crippen molar-refractivity contribution in [3.8, 4) is 0 Å². The number of benzene rings is 2. The molecule has 0 aromatic heterocycles. The maximum atomic E-state index is 12.2. The fraction of sp³-hybridized carbons (Fsp3) is 0.